The summed E-state index contributed by atoms with van der Waals surface area (Å²) in [5, 5.41) is 0. The first-order valence-corrected chi connectivity index (χ1v) is 16.3. The quantitative estimate of drug-likeness (QED) is 0.178. The summed E-state index contributed by atoms with van der Waals surface area (Å²) in [5.41, 5.74) is 0.576. The number of nitrogens with zero attached hydrogens (tertiary/aromatic N) is 5. The smallest absolute Gasteiger partial charge is 0.321 e. The number of imidazole rings is 1. The minimum absolute atomic E-state index is 0.227. The summed E-state index contributed by atoms with van der Waals surface area (Å²) < 4.78 is 4.88. The maximum absolute atomic E-state index is 13.1. The Morgan fingerprint density at radius 3 is 1.82 bits per heavy atom. The highest BCUT2D eigenvalue weighted by Crippen LogP contribution is 2.21. The summed E-state index contributed by atoms with van der Waals surface area (Å²) in [6.07, 6.45) is 25.2. The highest BCUT2D eigenvalue weighted by molar-refractivity contribution is 5.71. The van der Waals surface area contributed by atoms with E-state index in [0.29, 0.717) is 17.2 Å². The van der Waals surface area contributed by atoms with Gasteiger partial charge in [-0.15, -0.1) is 0 Å². The fraction of sp³-hybridized carbons (Fsp3) is 0.844. The van der Waals surface area contributed by atoms with Gasteiger partial charge in [-0.25, -0.2) is 9.78 Å². The van der Waals surface area contributed by atoms with Crippen LogP contribution in [0.1, 0.15) is 142 Å². The first-order valence-electron chi connectivity index (χ1n) is 16.3. The molecule has 0 amide bonds. The van der Waals surface area contributed by atoms with Gasteiger partial charge in [0.05, 0.1) is 6.54 Å². The highest BCUT2D eigenvalue weighted by Gasteiger charge is 2.24. The van der Waals surface area contributed by atoms with Crippen LogP contribution in [0.4, 0.5) is 0 Å². The Labute approximate surface area is 237 Å². The van der Waals surface area contributed by atoms with Crippen LogP contribution in [0.5, 0.6) is 0 Å². The van der Waals surface area contributed by atoms with Crippen LogP contribution in [0.25, 0.3) is 11.2 Å². The Kier molecular flexibility index (Phi) is 13.8. The molecule has 0 aromatic carbocycles. The van der Waals surface area contributed by atoms with Crippen LogP contribution < -0.4 is 11.2 Å². The molecule has 3 heterocycles. The van der Waals surface area contributed by atoms with E-state index in [1.54, 1.807) is 14.1 Å². The third kappa shape index (κ3) is 9.33. The van der Waals surface area contributed by atoms with Crippen LogP contribution >= 0.6 is 0 Å². The summed E-state index contributed by atoms with van der Waals surface area (Å²) in [6, 6.07) is 0.522. The maximum atomic E-state index is 13.1. The number of hydrogen-bond acceptors (Lipinski definition) is 4. The summed E-state index contributed by atoms with van der Waals surface area (Å²) >= 11 is 0. The molecule has 2 aromatic rings. The van der Waals surface area contributed by atoms with E-state index in [1.165, 1.54) is 125 Å². The minimum Gasteiger partial charge on any atom is -0.321 e. The van der Waals surface area contributed by atoms with Gasteiger partial charge in [0.15, 0.2) is 11.2 Å². The van der Waals surface area contributed by atoms with Crippen LogP contribution in [-0.2, 0) is 27.2 Å². The van der Waals surface area contributed by atoms with E-state index in [9.17, 15) is 9.59 Å². The standard InChI is InChI=1S/C32H57N5O2/c1-5-6-7-8-9-10-11-12-13-14-15-16-17-18-19-21-25-37-28(26-36-24-22-20-23-27(36)2)33-30-29(37)31(38)35(4)32(39)34(30)3/h27H,5-26H2,1-4H3/t27-/m1/s1. The first-order chi connectivity index (χ1) is 19.0. The van der Waals surface area contributed by atoms with Crippen LogP contribution in [-0.4, -0.2) is 36.2 Å². The van der Waals surface area contributed by atoms with Gasteiger partial charge in [0.2, 0.25) is 0 Å². The normalized spacial score (nSPS) is 16.5. The summed E-state index contributed by atoms with van der Waals surface area (Å²) in [6.45, 7) is 7.18. The molecule has 0 unspecified atom stereocenters. The minimum atomic E-state index is -0.308. The number of piperidine rings is 1. The van der Waals surface area contributed by atoms with Crippen molar-refractivity contribution in [2.24, 2.45) is 14.1 Å². The third-order valence-electron chi connectivity index (χ3n) is 8.95. The van der Waals surface area contributed by atoms with Gasteiger partial charge in [-0.3, -0.25) is 18.8 Å². The highest BCUT2D eigenvalue weighted by atomic mass is 16.2. The molecular formula is C32H57N5O2. The molecule has 7 nitrogen and oxygen atoms in total. The van der Waals surface area contributed by atoms with E-state index in [0.717, 1.165) is 31.9 Å². The lowest BCUT2D eigenvalue weighted by molar-refractivity contribution is 0.147. The monoisotopic (exact) mass is 543 g/mol. The molecule has 0 radical (unpaired) electrons. The van der Waals surface area contributed by atoms with E-state index in [4.69, 9.17) is 4.98 Å². The van der Waals surface area contributed by atoms with Crippen molar-refractivity contribution in [3.05, 3.63) is 26.7 Å². The predicted molar refractivity (Wildman–Crippen MR) is 163 cm³/mol. The van der Waals surface area contributed by atoms with E-state index >= 15 is 0 Å². The number of rotatable bonds is 19. The van der Waals surface area contributed by atoms with Crippen LogP contribution in [0.3, 0.4) is 0 Å². The predicted octanol–water partition coefficient (Wildman–Crippen LogP) is 7.07. The number of likely N-dealkylation sites (tertiary alicyclic amines) is 1. The zero-order valence-electron chi connectivity index (χ0n) is 25.7. The van der Waals surface area contributed by atoms with E-state index in [-0.39, 0.29) is 11.2 Å². The van der Waals surface area contributed by atoms with Crippen molar-refractivity contribution in [1.29, 1.82) is 0 Å². The number of aryl methyl sites for hydroxylation is 2. The Hall–Kier alpha value is -1.89. The van der Waals surface area contributed by atoms with Gasteiger partial charge < -0.3 is 4.57 Å². The van der Waals surface area contributed by atoms with Crippen LogP contribution in [0, 0.1) is 0 Å². The number of unbranched alkanes of at least 4 members (excludes halogenated alkanes) is 15. The summed E-state index contributed by atoms with van der Waals surface area (Å²) in [5.74, 6) is 0.929. The van der Waals surface area contributed by atoms with Crippen molar-refractivity contribution in [2.75, 3.05) is 6.54 Å². The molecule has 1 atom stereocenters. The molecule has 0 bridgehead atoms. The summed E-state index contributed by atoms with van der Waals surface area (Å²) in [4.78, 5) is 33.0. The van der Waals surface area contributed by atoms with Gasteiger partial charge >= 0.3 is 5.69 Å². The summed E-state index contributed by atoms with van der Waals surface area (Å²) in [7, 11) is 3.30. The Bertz CT molecular complexity index is 1100. The molecule has 0 N–H and O–H groups in total. The maximum Gasteiger partial charge on any atom is 0.332 e. The van der Waals surface area contributed by atoms with E-state index < -0.39 is 0 Å². The van der Waals surface area contributed by atoms with Crippen molar-refractivity contribution >= 4 is 11.2 Å². The topological polar surface area (TPSA) is 65.1 Å². The Morgan fingerprint density at radius 1 is 0.744 bits per heavy atom. The second-order valence-corrected chi connectivity index (χ2v) is 12.2. The lowest BCUT2D eigenvalue weighted by atomic mass is 10.0. The average molecular weight is 544 g/mol. The second-order valence-electron chi connectivity index (χ2n) is 12.2. The molecule has 2 aromatic heterocycles. The average Bonchev–Trinajstić information content (AvgIpc) is 3.29. The Balaban J connectivity index is 1.42. The van der Waals surface area contributed by atoms with Crippen molar-refractivity contribution in [3.8, 4) is 0 Å². The molecule has 7 heteroatoms. The fourth-order valence-corrected chi connectivity index (χ4v) is 6.25. The lowest BCUT2D eigenvalue weighted by Gasteiger charge is -2.33. The van der Waals surface area contributed by atoms with Crippen LogP contribution in [0.2, 0.25) is 0 Å². The molecular weight excluding hydrogens is 486 g/mol. The molecule has 0 aliphatic carbocycles. The molecule has 0 saturated carbocycles. The third-order valence-corrected chi connectivity index (χ3v) is 8.95. The van der Waals surface area contributed by atoms with E-state index in [2.05, 4.69) is 23.3 Å². The molecule has 1 aliphatic heterocycles. The molecule has 0 spiro atoms. The van der Waals surface area contributed by atoms with Gasteiger partial charge in [-0.1, -0.05) is 110 Å². The van der Waals surface area contributed by atoms with Gasteiger partial charge in [0.25, 0.3) is 5.56 Å². The number of fused-ring (bicyclic) bond motifs is 1. The van der Waals surface area contributed by atoms with E-state index in [1.807, 2.05) is 0 Å². The van der Waals surface area contributed by atoms with Gasteiger partial charge in [-0.2, -0.15) is 0 Å². The van der Waals surface area contributed by atoms with Crippen molar-refractivity contribution in [3.63, 3.8) is 0 Å². The Morgan fingerprint density at radius 2 is 1.28 bits per heavy atom. The molecule has 1 fully saturated rings. The van der Waals surface area contributed by atoms with Crippen molar-refractivity contribution in [2.45, 2.75) is 155 Å². The van der Waals surface area contributed by atoms with Crippen LogP contribution in [0.15, 0.2) is 9.59 Å². The zero-order chi connectivity index (χ0) is 28.0. The van der Waals surface area contributed by atoms with Gasteiger partial charge in [-0.05, 0) is 32.7 Å². The fourth-order valence-electron chi connectivity index (χ4n) is 6.25. The van der Waals surface area contributed by atoms with Crippen molar-refractivity contribution in [1.82, 2.24) is 23.6 Å². The first kappa shape index (κ1) is 31.6. The molecule has 1 aliphatic rings. The van der Waals surface area contributed by atoms with Gasteiger partial charge in [0, 0.05) is 26.7 Å². The number of aromatic nitrogens is 4. The zero-order valence-corrected chi connectivity index (χ0v) is 25.7. The number of hydrogen-bond donors (Lipinski definition) is 0. The lowest BCUT2D eigenvalue weighted by Crippen LogP contribution is -2.38. The largest absolute Gasteiger partial charge is 0.332 e. The molecule has 222 valence electrons. The van der Waals surface area contributed by atoms with Crippen molar-refractivity contribution < 1.29 is 0 Å². The van der Waals surface area contributed by atoms with Gasteiger partial charge in [0.1, 0.15) is 5.82 Å². The second kappa shape index (κ2) is 17.0. The SMILES string of the molecule is CCCCCCCCCCCCCCCCCCn1c(CN2CCCC[C@H]2C)nc2c1c(=O)n(C)c(=O)n2C. The molecule has 39 heavy (non-hydrogen) atoms. The molecule has 1 saturated heterocycles. The molecule has 3 rings (SSSR count).